The smallest absolute Gasteiger partial charge is 0.134 e. The molecule has 0 bridgehead atoms. The number of likely N-dealkylation sites (tertiary alicyclic amines) is 1. The Hall–Kier alpha value is -0.410. The van der Waals surface area contributed by atoms with Gasteiger partial charge in [-0.25, -0.2) is 0 Å². The van der Waals surface area contributed by atoms with E-state index in [9.17, 15) is 4.79 Å². The molecule has 92 valence electrons. The van der Waals surface area contributed by atoms with Crippen molar-refractivity contribution in [2.75, 3.05) is 27.2 Å². The van der Waals surface area contributed by atoms with Gasteiger partial charge in [-0.15, -0.1) is 0 Å². The molecule has 0 N–H and O–H groups in total. The summed E-state index contributed by atoms with van der Waals surface area (Å²) in [6.07, 6.45) is 3.93. The second kappa shape index (κ2) is 4.84. The van der Waals surface area contributed by atoms with Crippen LogP contribution in [0.3, 0.4) is 0 Å². The van der Waals surface area contributed by atoms with Crippen molar-refractivity contribution in [1.82, 2.24) is 9.80 Å². The van der Waals surface area contributed by atoms with Crippen molar-refractivity contribution in [3.05, 3.63) is 0 Å². The highest BCUT2D eigenvalue weighted by atomic mass is 16.1. The van der Waals surface area contributed by atoms with Gasteiger partial charge >= 0.3 is 0 Å². The monoisotopic (exact) mass is 224 g/mol. The SMILES string of the molecule is CC1CN(C2CCCC(=O)C2)CC1N(C)C. The Morgan fingerprint density at radius 1 is 1.31 bits per heavy atom. The van der Waals surface area contributed by atoms with Crippen LogP contribution in [0.25, 0.3) is 0 Å². The van der Waals surface area contributed by atoms with Gasteiger partial charge in [0, 0.05) is 38.0 Å². The summed E-state index contributed by atoms with van der Waals surface area (Å²) in [4.78, 5) is 16.4. The Kier molecular flexibility index (Phi) is 3.65. The fourth-order valence-corrected chi connectivity index (χ4v) is 3.27. The highest BCUT2D eigenvalue weighted by Gasteiger charge is 2.36. The van der Waals surface area contributed by atoms with Crippen molar-refractivity contribution in [2.45, 2.75) is 44.7 Å². The average molecular weight is 224 g/mol. The van der Waals surface area contributed by atoms with Gasteiger partial charge in [-0.05, 0) is 32.9 Å². The number of hydrogen-bond donors (Lipinski definition) is 0. The highest BCUT2D eigenvalue weighted by molar-refractivity contribution is 5.79. The van der Waals surface area contributed by atoms with Gasteiger partial charge in [0.2, 0.25) is 0 Å². The molecule has 2 fully saturated rings. The summed E-state index contributed by atoms with van der Waals surface area (Å²) >= 11 is 0. The van der Waals surface area contributed by atoms with Gasteiger partial charge in [0.25, 0.3) is 0 Å². The zero-order chi connectivity index (χ0) is 11.7. The first-order valence-corrected chi connectivity index (χ1v) is 6.50. The molecule has 0 aromatic rings. The molecule has 3 nitrogen and oxygen atoms in total. The minimum atomic E-state index is 0.470. The van der Waals surface area contributed by atoms with Crippen molar-refractivity contribution in [3.63, 3.8) is 0 Å². The molecule has 1 saturated heterocycles. The summed E-state index contributed by atoms with van der Waals surface area (Å²) in [5.74, 6) is 1.20. The zero-order valence-electron chi connectivity index (χ0n) is 10.8. The minimum absolute atomic E-state index is 0.470. The van der Waals surface area contributed by atoms with E-state index in [1.807, 2.05) is 0 Å². The molecule has 3 heteroatoms. The van der Waals surface area contributed by atoms with E-state index in [1.54, 1.807) is 0 Å². The van der Waals surface area contributed by atoms with Crippen molar-refractivity contribution in [3.8, 4) is 0 Å². The topological polar surface area (TPSA) is 23.6 Å². The Morgan fingerprint density at radius 3 is 2.62 bits per heavy atom. The molecule has 0 aromatic carbocycles. The van der Waals surface area contributed by atoms with Gasteiger partial charge < -0.3 is 4.90 Å². The van der Waals surface area contributed by atoms with E-state index >= 15 is 0 Å². The summed E-state index contributed by atoms with van der Waals surface area (Å²) in [6, 6.07) is 1.20. The van der Waals surface area contributed by atoms with E-state index in [1.165, 1.54) is 13.0 Å². The molecule has 3 unspecified atom stereocenters. The lowest BCUT2D eigenvalue weighted by molar-refractivity contribution is -0.121. The number of rotatable bonds is 2. The number of ketones is 1. The summed E-state index contributed by atoms with van der Waals surface area (Å²) in [7, 11) is 4.33. The number of carbonyl (C=O) groups is 1. The van der Waals surface area contributed by atoms with Gasteiger partial charge in [0.1, 0.15) is 5.78 Å². The Bertz CT molecular complexity index is 265. The molecule has 2 rings (SSSR count). The molecule has 16 heavy (non-hydrogen) atoms. The third kappa shape index (κ3) is 2.46. The first-order valence-electron chi connectivity index (χ1n) is 6.50. The van der Waals surface area contributed by atoms with Crippen LogP contribution in [0.15, 0.2) is 0 Å². The van der Waals surface area contributed by atoms with Crippen molar-refractivity contribution in [2.24, 2.45) is 5.92 Å². The second-order valence-electron chi connectivity index (χ2n) is 5.75. The predicted molar refractivity (Wildman–Crippen MR) is 65.5 cm³/mol. The number of hydrogen-bond acceptors (Lipinski definition) is 3. The summed E-state index contributed by atoms with van der Waals surface area (Å²) in [6.45, 7) is 4.64. The van der Waals surface area contributed by atoms with Crippen LogP contribution in [0.4, 0.5) is 0 Å². The lowest BCUT2D eigenvalue weighted by Crippen LogP contribution is -2.40. The van der Waals surface area contributed by atoms with Gasteiger partial charge in [-0.2, -0.15) is 0 Å². The molecule has 1 heterocycles. The van der Waals surface area contributed by atoms with E-state index in [0.717, 1.165) is 31.7 Å². The molecule has 1 aliphatic heterocycles. The zero-order valence-corrected chi connectivity index (χ0v) is 10.8. The van der Waals surface area contributed by atoms with Crippen LogP contribution >= 0.6 is 0 Å². The molecule has 0 radical (unpaired) electrons. The van der Waals surface area contributed by atoms with Gasteiger partial charge in [0.05, 0.1) is 0 Å². The normalized spacial score (nSPS) is 37.2. The minimum Gasteiger partial charge on any atom is -0.305 e. The third-order valence-electron chi connectivity index (χ3n) is 4.24. The molecule has 3 atom stereocenters. The molecule has 0 aromatic heterocycles. The fourth-order valence-electron chi connectivity index (χ4n) is 3.27. The number of likely N-dealkylation sites (N-methyl/N-ethyl adjacent to an activating group) is 1. The number of nitrogens with zero attached hydrogens (tertiary/aromatic N) is 2. The van der Waals surface area contributed by atoms with Crippen LogP contribution in [0.2, 0.25) is 0 Å². The van der Waals surface area contributed by atoms with E-state index in [-0.39, 0.29) is 0 Å². The van der Waals surface area contributed by atoms with Crippen LogP contribution in [-0.2, 0) is 4.79 Å². The third-order valence-corrected chi connectivity index (χ3v) is 4.24. The molecule has 0 spiro atoms. The van der Waals surface area contributed by atoms with Crippen molar-refractivity contribution < 1.29 is 4.79 Å². The molecule has 2 aliphatic rings. The maximum atomic E-state index is 11.5. The number of Topliss-reactive ketones (excluding diaryl/α,β-unsaturated/α-hetero) is 1. The van der Waals surface area contributed by atoms with Crippen LogP contribution in [0, 0.1) is 5.92 Å². The maximum Gasteiger partial charge on any atom is 0.134 e. The fraction of sp³-hybridized carbons (Fsp3) is 0.923. The summed E-state index contributed by atoms with van der Waals surface area (Å²) < 4.78 is 0. The van der Waals surface area contributed by atoms with Crippen LogP contribution in [0.1, 0.15) is 32.6 Å². The van der Waals surface area contributed by atoms with Gasteiger partial charge in [0.15, 0.2) is 0 Å². The standard InChI is InChI=1S/C13H24N2O/c1-10-8-15(9-13(10)14(2)3)11-5-4-6-12(16)7-11/h10-11,13H,4-9H2,1-3H3. The van der Waals surface area contributed by atoms with E-state index in [0.29, 0.717) is 17.9 Å². The second-order valence-corrected chi connectivity index (χ2v) is 5.75. The highest BCUT2D eigenvalue weighted by Crippen LogP contribution is 2.27. The van der Waals surface area contributed by atoms with Gasteiger partial charge in [-0.1, -0.05) is 6.92 Å². The van der Waals surface area contributed by atoms with Crippen molar-refractivity contribution in [1.29, 1.82) is 0 Å². The number of carbonyl (C=O) groups excluding carboxylic acids is 1. The van der Waals surface area contributed by atoms with Crippen LogP contribution in [0.5, 0.6) is 0 Å². The first-order chi connectivity index (χ1) is 7.58. The molecule has 0 amide bonds. The molecular formula is C13H24N2O. The summed E-state index contributed by atoms with van der Waals surface area (Å²) in [5.41, 5.74) is 0. The van der Waals surface area contributed by atoms with Crippen LogP contribution in [-0.4, -0.2) is 54.9 Å². The largest absolute Gasteiger partial charge is 0.305 e. The van der Waals surface area contributed by atoms with Crippen LogP contribution < -0.4 is 0 Å². The Labute approximate surface area is 98.8 Å². The maximum absolute atomic E-state index is 11.5. The lowest BCUT2D eigenvalue weighted by Gasteiger charge is -2.30. The summed E-state index contributed by atoms with van der Waals surface area (Å²) in [5, 5.41) is 0. The van der Waals surface area contributed by atoms with Crippen molar-refractivity contribution >= 4 is 5.78 Å². The van der Waals surface area contributed by atoms with E-state index in [4.69, 9.17) is 0 Å². The molecular weight excluding hydrogens is 200 g/mol. The van der Waals surface area contributed by atoms with E-state index in [2.05, 4.69) is 30.8 Å². The Balaban J connectivity index is 1.94. The van der Waals surface area contributed by atoms with Gasteiger partial charge in [-0.3, -0.25) is 9.69 Å². The lowest BCUT2D eigenvalue weighted by atomic mass is 9.93. The van der Waals surface area contributed by atoms with E-state index < -0.39 is 0 Å². The average Bonchev–Trinajstić information content (AvgIpc) is 2.60. The quantitative estimate of drug-likeness (QED) is 0.708. The Morgan fingerprint density at radius 2 is 2.06 bits per heavy atom. The molecule has 1 saturated carbocycles. The predicted octanol–water partition coefficient (Wildman–Crippen LogP) is 1.38. The first kappa shape index (κ1) is 12.1. The molecule has 1 aliphatic carbocycles.